The molecule has 1 N–H and O–H groups in total. The summed E-state index contributed by atoms with van der Waals surface area (Å²) in [6.07, 6.45) is 5.89. The molecular formula is C38H30F3N5O4S. The van der Waals surface area contributed by atoms with Gasteiger partial charge in [0.1, 0.15) is 29.1 Å². The number of carbonyl (C=O) groups is 1. The lowest BCUT2D eigenvalue weighted by Crippen LogP contribution is -2.33. The Morgan fingerprint density at radius 1 is 1.00 bits per heavy atom. The molecule has 4 aromatic heterocycles. The lowest BCUT2D eigenvalue weighted by molar-refractivity contribution is 0.102. The molecule has 2 aliphatic heterocycles. The summed E-state index contributed by atoms with van der Waals surface area (Å²) >= 11 is 1.42. The highest BCUT2D eigenvalue weighted by atomic mass is 32.1. The van der Waals surface area contributed by atoms with E-state index in [4.69, 9.17) is 9.47 Å². The van der Waals surface area contributed by atoms with E-state index >= 15 is 4.39 Å². The zero-order valence-corrected chi connectivity index (χ0v) is 27.9. The number of rotatable bonds is 8. The molecule has 6 heterocycles. The summed E-state index contributed by atoms with van der Waals surface area (Å²) in [5, 5.41) is 2.61. The smallest absolute Gasteiger partial charge is 0.271 e. The van der Waals surface area contributed by atoms with Gasteiger partial charge in [-0.05, 0) is 66.9 Å². The second kappa shape index (κ2) is 13.6. The van der Waals surface area contributed by atoms with Crippen LogP contribution in [0.3, 0.4) is 0 Å². The molecule has 0 radical (unpaired) electrons. The summed E-state index contributed by atoms with van der Waals surface area (Å²) in [5.74, 6) is -1.46. The topological polar surface area (TPSA) is 98.6 Å². The van der Waals surface area contributed by atoms with Gasteiger partial charge in [-0.1, -0.05) is 6.07 Å². The minimum atomic E-state index is -0.771. The highest BCUT2D eigenvalue weighted by Gasteiger charge is 2.27. The fourth-order valence-electron chi connectivity index (χ4n) is 6.33. The van der Waals surface area contributed by atoms with Gasteiger partial charge in [0.15, 0.2) is 11.6 Å². The zero-order chi connectivity index (χ0) is 35.1. The highest BCUT2D eigenvalue weighted by molar-refractivity contribution is 7.22. The van der Waals surface area contributed by atoms with Crippen LogP contribution in [0.4, 0.5) is 18.9 Å². The number of nitrogens with one attached hydrogen (secondary N) is 1. The number of aromatic nitrogens is 3. The number of thiophene rings is 1. The lowest BCUT2D eigenvalue weighted by Gasteiger charge is -2.28. The van der Waals surface area contributed by atoms with E-state index in [1.54, 1.807) is 18.5 Å². The maximum atomic E-state index is 15.5. The molecule has 51 heavy (non-hydrogen) atoms. The molecule has 0 aliphatic carbocycles. The predicted octanol–water partition coefficient (Wildman–Crippen LogP) is 7.70. The molecular weight excluding hydrogens is 680 g/mol. The van der Waals surface area contributed by atoms with Crippen LogP contribution in [0.2, 0.25) is 0 Å². The van der Waals surface area contributed by atoms with Crippen LogP contribution in [0.5, 0.6) is 17.2 Å². The Balaban J connectivity index is 0.993. The standard InChI is InChI=1S/C38H30F3N5O4S/c39-24-2-5-27(6-3-24)46-21-23-12-16-49-35(23)34(38(46)48)37(47)44-26-4-8-31(28(41)17-26)50-32-9-13-42-30-18-33(51-36(30)32)29-7-1-22(19-43-29)20-45-14-10-25(40)11-15-45/h1-9,13,17-19,21,25H,10-12,14-16,20H2,(H,44,47). The van der Waals surface area contributed by atoms with E-state index in [2.05, 4.69) is 20.2 Å². The van der Waals surface area contributed by atoms with Gasteiger partial charge < -0.3 is 14.8 Å². The maximum absolute atomic E-state index is 15.5. The fraction of sp³-hybridized carbons (Fsp3) is 0.211. The van der Waals surface area contributed by atoms with Gasteiger partial charge in [0.05, 0.1) is 27.4 Å². The first-order valence-corrected chi connectivity index (χ1v) is 17.3. The van der Waals surface area contributed by atoms with E-state index in [0.29, 0.717) is 53.1 Å². The van der Waals surface area contributed by atoms with Crippen molar-refractivity contribution in [3.05, 3.63) is 124 Å². The molecule has 0 saturated carbocycles. The summed E-state index contributed by atoms with van der Waals surface area (Å²) in [5.41, 5.74) is 2.74. The van der Waals surface area contributed by atoms with Crippen molar-refractivity contribution in [2.45, 2.75) is 32.0 Å². The third kappa shape index (κ3) is 6.69. The Hall–Kier alpha value is -5.53. The predicted molar refractivity (Wildman–Crippen MR) is 188 cm³/mol. The Morgan fingerprint density at radius 3 is 2.59 bits per heavy atom. The van der Waals surface area contributed by atoms with Gasteiger partial charge in [-0.25, -0.2) is 13.2 Å². The molecule has 1 amide bonds. The molecule has 258 valence electrons. The molecule has 0 unspecified atom stereocenters. The number of fused-ring (bicyclic) bond motifs is 2. The number of nitrogens with zero attached hydrogens (tertiary/aromatic N) is 4. The van der Waals surface area contributed by atoms with Crippen LogP contribution in [0.1, 0.15) is 34.3 Å². The molecule has 2 aliphatic rings. The molecule has 6 aromatic rings. The third-order valence-electron chi connectivity index (χ3n) is 8.97. The molecule has 0 spiro atoms. The lowest BCUT2D eigenvalue weighted by atomic mass is 10.1. The number of likely N-dealkylation sites (tertiary alicyclic amines) is 1. The van der Waals surface area contributed by atoms with Crippen molar-refractivity contribution in [2.24, 2.45) is 0 Å². The average Bonchev–Trinajstić information content (AvgIpc) is 3.79. The third-order valence-corrected chi connectivity index (χ3v) is 10.1. The first-order valence-electron chi connectivity index (χ1n) is 16.5. The van der Waals surface area contributed by atoms with Crippen LogP contribution in [0, 0.1) is 11.6 Å². The van der Waals surface area contributed by atoms with Gasteiger partial charge in [-0.2, -0.15) is 0 Å². The van der Waals surface area contributed by atoms with Crippen molar-refractivity contribution in [1.29, 1.82) is 0 Å². The minimum absolute atomic E-state index is 0.0719. The molecule has 1 saturated heterocycles. The number of halogens is 3. The largest absolute Gasteiger partial charge is 0.492 e. The Kier molecular flexibility index (Phi) is 8.74. The van der Waals surface area contributed by atoms with E-state index in [1.165, 1.54) is 52.3 Å². The summed E-state index contributed by atoms with van der Waals surface area (Å²) in [4.78, 5) is 39.2. The average molecular weight is 710 g/mol. The molecule has 2 aromatic carbocycles. The van der Waals surface area contributed by atoms with Crippen LogP contribution in [0.25, 0.3) is 26.5 Å². The molecule has 9 nitrogen and oxygen atoms in total. The van der Waals surface area contributed by atoms with E-state index in [-0.39, 0.29) is 22.7 Å². The normalized spacial score (nSPS) is 14.7. The summed E-state index contributed by atoms with van der Waals surface area (Å²) in [6, 6.07) is 16.8. The number of piperidine rings is 1. The second-order valence-corrected chi connectivity index (χ2v) is 13.5. The Labute approximate surface area is 293 Å². The first kappa shape index (κ1) is 32.7. The van der Waals surface area contributed by atoms with Gasteiger partial charge in [0.25, 0.3) is 11.5 Å². The number of amides is 1. The number of anilines is 1. The summed E-state index contributed by atoms with van der Waals surface area (Å²) in [7, 11) is 0. The number of benzene rings is 2. The van der Waals surface area contributed by atoms with E-state index < -0.39 is 29.3 Å². The van der Waals surface area contributed by atoms with Gasteiger partial charge in [0, 0.05) is 73.7 Å². The maximum Gasteiger partial charge on any atom is 0.271 e. The number of ether oxygens (including phenoxy) is 2. The Bertz CT molecular complexity index is 2320. The monoisotopic (exact) mass is 709 g/mol. The van der Waals surface area contributed by atoms with Gasteiger partial charge in [0.2, 0.25) is 0 Å². The van der Waals surface area contributed by atoms with E-state index in [9.17, 15) is 18.4 Å². The van der Waals surface area contributed by atoms with Crippen molar-refractivity contribution < 1.29 is 27.4 Å². The number of alkyl halides is 1. The van der Waals surface area contributed by atoms with E-state index in [1.807, 2.05) is 24.4 Å². The van der Waals surface area contributed by atoms with Gasteiger partial charge in [-0.15, -0.1) is 11.3 Å². The molecule has 13 heteroatoms. The van der Waals surface area contributed by atoms with Crippen LogP contribution >= 0.6 is 11.3 Å². The summed E-state index contributed by atoms with van der Waals surface area (Å²) < 4.78 is 56.1. The van der Waals surface area contributed by atoms with E-state index in [0.717, 1.165) is 41.8 Å². The number of pyridine rings is 3. The van der Waals surface area contributed by atoms with Crippen molar-refractivity contribution in [3.8, 4) is 33.5 Å². The quantitative estimate of drug-likeness (QED) is 0.173. The minimum Gasteiger partial charge on any atom is -0.492 e. The second-order valence-electron chi connectivity index (χ2n) is 12.4. The van der Waals surface area contributed by atoms with Crippen molar-refractivity contribution in [3.63, 3.8) is 0 Å². The van der Waals surface area contributed by atoms with Crippen molar-refractivity contribution in [2.75, 3.05) is 25.0 Å². The number of carbonyl (C=O) groups excluding carboxylic acids is 1. The molecule has 0 atom stereocenters. The molecule has 1 fully saturated rings. The summed E-state index contributed by atoms with van der Waals surface area (Å²) in [6.45, 7) is 2.49. The highest BCUT2D eigenvalue weighted by Crippen LogP contribution is 2.39. The zero-order valence-electron chi connectivity index (χ0n) is 27.1. The van der Waals surface area contributed by atoms with Crippen LogP contribution in [0.15, 0.2) is 90.1 Å². The van der Waals surface area contributed by atoms with Crippen molar-refractivity contribution in [1.82, 2.24) is 19.4 Å². The SMILES string of the molecule is O=C(Nc1ccc(Oc2ccnc3cc(-c4ccc(CN5CCC(F)CC5)cn4)sc23)c(F)c1)c1c2c(cn(-c3ccc(F)cc3)c1=O)CCO2. The van der Waals surface area contributed by atoms with Crippen LogP contribution < -0.4 is 20.3 Å². The number of hydrogen-bond donors (Lipinski definition) is 1. The number of hydrogen-bond acceptors (Lipinski definition) is 8. The Morgan fingerprint density at radius 2 is 1.82 bits per heavy atom. The fourth-order valence-corrected chi connectivity index (χ4v) is 7.37. The van der Waals surface area contributed by atoms with Crippen LogP contribution in [-0.2, 0) is 13.0 Å². The first-order chi connectivity index (χ1) is 24.8. The van der Waals surface area contributed by atoms with Gasteiger partial charge in [-0.3, -0.25) is 29.0 Å². The van der Waals surface area contributed by atoms with Crippen molar-refractivity contribution >= 4 is 33.1 Å². The van der Waals surface area contributed by atoms with Crippen LogP contribution in [-0.4, -0.2) is 51.2 Å². The molecule has 8 rings (SSSR count). The van der Waals surface area contributed by atoms with Gasteiger partial charge >= 0.3 is 0 Å². The molecule has 0 bridgehead atoms.